The maximum Gasteiger partial charge on any atom is 0.224 e. The quantitative estimate of drug-likeness (QED) is 0.726. The third-order valence-electron chi connectivity index (χ3n) is 3.31. The highest BCUT2D eigenvalue weighted by Crippen LogP contribution is 2.12. The van der Waals surface area contributed by atoms with Gasteiger partial charge in [0.2, 0.25) is 5.91 Å². The fourth-order valence-electron chi connectivity index (χ4n) is 2.25. The van der Waals surface area contributed by atoms with Crippen molar-refractivity contribution >= 4 is 41.5 Å². The van der Waals surface area contributed by atoms with Gasteiger partial charge in [-0.25, -0.2) is 0 Å². The standard InChI is InChI=1S/C16H24N4O.HI/c1-12(2)9-15(21)19-14-6-4-5-13(10-14)11-18-16-17-7-8-20(16)3;/h4-6,10,12H,7-9,11H2,1-3H3,(H,17,18)(H,19,21);1H. The lowest BCUT2D eigenvalue weighted by atomic mass is 10.1. The minimum absolute atomic E-state index is 0. The number of carbonyl (C=O) groups excluding carboxylic acids is 1. The van der Waals surface area contributed by atoms with E-state index in [-0.39, 0.29) is 29.9 Å². The minimum atomic E-state index is 0. The van der Waals surface area contributed by atoms with Crippen molar-refractivity contribution in [3.8, 4) is 0 Å². The molecule has 6 heteroatoms. The van der Waals surface area contributed by atoms with Gasteiger partial charge in [0, 0.05) is 32.2 Å². The Bertz CT molecular complexity index is 531. The van der Waals surface area contributed by atoms with E-state index in [0.29, 0.717) is 18.9 Å². The van der Waals surface area contributed by atoms with Crippen LogP contribution in [-0.2, 0) is 11.3 Å². The van der Waals surface area contributed by atoms with Gasteiger partial charge in [-0.3, -0.25) is 9.79 Å². The first-order valence-corrected chi connectivity index (χ1v) is 7.43. The van der Waals surface area contributed by atoms with Crippen LogP contribution in [-0.4, -0.2) is 36.9 Å². The predicted octanol–water partition coefficient (Wildman–Crippen LogP) is 2.68. The van der Waals surface area contributed by atoms with E-state index < -0.39 is 0 Å². The van der Waals surface area contributed by atoms with Crippen molar-refractivity contribution in [2.24, 2.45) is 10.9 Å². The van der Waals surface area contributed by atoms with E-state index in [1.54, 1.807) is 0 Å². The topological polar surface area (TPSA) is 56.7 Å². The Kier molecular flexibility index (Phi) is 7.64. The summed E-state index contributed by atoms with van der Waals surface area (Å²) in [6, 6.07) is 7.92. The van der Waals surface area contributed by atoms with Crippen LogP contribution in [0.25, 0.3) is 0 Å². The highest BCUT2D eigenvalue weighted by atomic mass is 127. The number of carbonyl (C=O) groups is 1. The summed E-state index contributed by atoms with van der Waals surface area (Å²) < 4.78 is 0. The predicted molar refractivity (Wildman–Crippen MR) is 102 cm³/mol. The van der Waals surface area contributed by atoms with E-state index in [0.717, 1.165) is 30.3 Å². The Balaban J connectivity index is 0.00000242. The molecule has 0 aliphatic carbocycles. The number of nitrogens with one attached hydrogen (secondary N) is 2. The molecule has 1 aromatic carbocycles. The van der Waals surface area contributed by atoms with Crippen molar-refractivity contribution in [3.63, 3.8) is 0 Å². The van der Waals surface area contributed by atoms with Gasteiger partial charge in [0.25, 0.3) is 0 Å². The molecule has 0 aromatic heterocycles. The van der Waals surface area contributed by atoms with Crippen LogP contribution < -0.4 is 10.6 Å². The Morgan fingerprint density at radius 2 is 2.18 bits per heavy atom. The minimum Gasteiger partial charge on any atom is -0.352 e. The molecule has 2 N–H and O–H groups in total. The van der Waals surface area contributed by atoms with Crippen molar-refractivity contribution in [3.05, 3.63) is 29.8 Å². The second-order valence-electron chi connectivity index (χ2n) is 5.83. The zero-order chi connectivity index (χ0) is 15.2. The number of amides is 1. The fraction of sp³-hybridized carbons (Fsp3) is 0.500. The number of hydrogen-bond acceptors (Lipinski definition) is 4. The Labute approximate surface area is 149 Å². The van der Waals surface area contributed by atoms with E-state index in [9.17, 15) is 4.79 Å². The first-order valence-electron chi connectivity index (χ1n) is 7.43. The molecule has 5 nitrogen and oxygen atoms in total. The molecular weight excluding hydrogens is 391 g/mol. The summed E-state index contributed by atoms with van der Waals surface area (Å²) in [5, 5.41) is 6.27. The Morgan fingerprint density at radius 1 is 1.41 bits per heavy atom. The molecule has 1 heterocycles. The van der Waals surface area contributed by atoms with Gasteiger partial charge < -0.3 is 15.5 Å². The van der Waals surface area contributed by atoms with Gasteiger partial charge in [0.15, 0.2) is 5.96 Å². The monoisotopic (exact) mass is 416 g/mol. The Morgan fingerprint density at radius 3 is 2.82 bits per heavy atom. The molecule has 122 valence electrons. The molecule has 1 aliphatic rings. The number of aliphatic imine (C=N–C) groups is 1. The number of likely N-dealkylation sites (N-methyl/N-ethyl adjacent to an activating group) is 1. The fourth-order valence-corrected chi connectivity index (χ4v) is 2.25. The molecule has 0 bridgehead atoms. The largest absolute Gasteiger partial charge is 0.352 e. The van der Waals surface area contributed by atoms with Gasteiger partial charge in [0.1, 0.15) is 0 Å². The summed E-state index contributed by atoms with van der Waals surface area (Å²) in [4.78, 5) is 18.3. The molecule has 1 aromatic rings. The van der Waals surface area contributed by atoms with E-state index in [4.69, 9.17) is 0 Å². The second-order valence-corrected chi connectivity index (χ2v) is 5.83. The van der Waals surface area contributed by atoms with Crippen molar-refractivity contribution in [1.82, 2.24) is 10.2 Å². The van der Waals surface area contributed by atoms with Crippen LogP contribution in [0.1, 0.15) is 25.8 Å². The van der Waals surface area contributed by atoms with Crippen LogP contribution in [0.4, 0.5) is 5.69 Å². The molecular formula is C16H25IN4O. The molecule has 0 spiro atoms. The van der Waals surface area contributed by atoms with Gasteiger partial charge in [-0.2, -0.15) is 0 Å². The number of benzene rings is 1. The number of nitrogens with zero attached hydrogens (tertiary/aromatic N) is 2. The van der Waals surface area contributed by atoms with Gasteiger partial charge in [-0.15, -0.1) is 24.0 Å². The van der Waals surface area contributed by atoms with Crippen LogP contribution >= 0.6 is 24.0 Å². The van der Waals surface area contributed by atoms with Crippen molar-refractivity contribution in [1.29, 1.82) is 0 Å². The number of guanidine groups is 1. The lowest BCUT2D eigenvalue weighted by Gasteiger charge is -2.15. The third kappa shape index (κ3) is 5.82. The van der Waals surface area contributed by atoms with Gasteiger partial charge in [0.05, 0.1) is 6.54 Å². The maximum atomic E-state index is 11.8. The van der Waals surface area contributed by atoms with Crippen LogP contribution in [0.2, 0.25) is 0 Å². The number of halogens is 1. The second kappa shape index (κ2) is 8.97. The first-order chi connectivity index (χ1) is 10.0. The Hall–Kier alpha value is -1.31. The summed E-state index contributed by atoms with van der Waals surface area (Å²) in [6.07, 6.45) is 0.546. The van der Waals surface area contributed by atoms with Crippen LogP contribution in [0.5, 0.6) is 0 Å². The number of hydrogen-bond donors (Lipinski definition) is 2. The zero-order valence-electron chi connectivity index (χ0n) is 13.4. The molecule has 0 unspecified atom stereocenters. The lowest BCUT2D eigenvalue weighted by Crippen LogP contribution is -2.35. The van der Waals surface area contributed by atoms with Crippen LogP contribution in [0, 0.1) is 5.92 Å². The van der Waals surface area contributed by atoms with E-state index >= 15 is 0 Å². The molecule has 2 rings (SSSR count). The smallest absolute Gasteiger partial charge is 0.224 e. The lowest BCUT2D eigenvalue weighted by molar-refractivity contribution is -0.116. The summed E-state index contributed by atoms with van der Waals surface area (Å²) in [5.41, 5.74) is 1.97. The van der Waals surface area contributed by atoms with E-state index in [1.165, 1.54) is 0 Å². The molecule has 0 saturated carbocycles. The van der Waals surface area contributed by atoms with Gasteiger partial charge in [-0.05, 0) is 23.6 Å². The summed E-state index contributed by atoms with van der Waals surface area (Å²) in [5.74, 6) is 1.37. The maximum absolute atomic E-state index is 11.8. The molecule has 0 fully saturated rings. The SMILES string of the molecule is CC(C)CC(=O)Nc1cccc(CNC2=NCCN2C)c1.I. The van der Waals surface area contributed by atoms with Gasteiger partial charge >= 0.3 is 0 Å². The van der Waals surface area contributed by atoms with Crippen LogP contribution in [0.3, 0.4) is 0 Å². The average Bonchev–Trinajstić information content (AvgIpc) is 2.81. The zero-order valence-corrected chi connectivity index (χ0v) is 15.8. The molecule has 0 saturated heterocycles. The molecule has 1 aliphatic heterocycles. The van der Waals surface area contributed by atoms with Gasteiger partial charge in [-0.1, -0.05) is 26.0 Å². The summed E-state index contributed by atoms with van der Waals surface area (Å²) in [7, 11) is 2.03. The molecule has 0 radical (unpaired) electrons. The van der Waals surface area contributed by atoms with E-state index in [1.807, 2.05) is 45.2 Å². The van der Waals surface area contributed by atoms with Crippen molar-refractivity contribution < 1.29 is 4.79 Å². The summed E-state index contributed by atoms with van der Waals surface area (Å²) >= 11 is 0. The highest BCUT2D eigenvalue weighted by Gasteiger charge is 2.11. The van der Waals surface area contributed by atoms with E-state index in [2.05, 4.69) is 20.5 Å². The number of anilines is 1. The van der Waals surface area contributed by atoms with Crippen molar-refractivity contribution in [2.75, 3.05) is 25.5 Å². The summed E-state index contributed by atoms with van der Waals surface area (Å²) in [6.45, 7) is 6.60. The molecule has 22 heavy (non-hydrogen) atoms. The first kappa shape index (κ1) is 18.7. The van der Waals surface area contributed by atoms with Crippen molar-refractivity contribution in [2.45, 2.75) is 26.8 Å². The molecule has 0 atom stereocenters. The highest BCUT2D eigenvalue weighted by molar-refractivity contribution is 14.0. The average molecular weight is 416 g/mol. The third-order valence-corrected chi connectivity index (χ3v) is 3.31. The number of rotatable bonds is 5. The normalized spacial score (nSPS) is 13.6. The van der Waals surface area contributed by atoms with Crippen LogP contribution in [0.15, 0.2) is 29.3 Å². The molecule has 1 amide bonds.